The van der Waals surface area contributed by atoms with Gasteiger partial charge < -0.3 is 10.2 Å². The van der Waals surface area contributed by atoms with Crippen molar-refractivity contribution >= 4 is 11.6 Å². The van der Waals surface area contributed by atoms with E-state index in [4.69, 9.17) is 0 Å². The minimum Gasteiger partial charge on any atom is -0.348 e. The molecule has 0 aliphatic rings. The Morgan fingerprint density at radius 1 is 1.43 bits per heavy atom. The number of halogens is 1. The summed E-state index contributed by atoms with van der Waals surface area (Å²) in [4.78, 5) is 24.4. The zero-order chi connectivity index (χ0) is 16.0. The van der Waals surface area contributed by atoms with Gasteiger partial charge in [0.15, 0.2) is 0 Å². The number of nitrogens with zero attached hydrogens (tertiary/aromatic N) is 2. The number of hydrogen-bond acceptors (Lipinski definition) is 4. The summed E-state index contributed by atoms with van der Waals surface area (Å²) in [6, 6.07) is 2.66. The van der Waals surface area contributed by atoms with Gasteiger partial charge in [0.2, 0.25) is 0 Å². The second kappa shape index (κ2) is 7.68. The van der Waals surface area contributed by atoms with Crippen LogP contribution in [0.3, 0.4) is 0 Å². The highest BCUT2D eigenvalue weighted by atomic mass is 19.1. The molecule has 21 heavy (non-hydrogen) atoms. The molecule has 1 unspecified atom stereocenters. The Bertz CT molecular complexity index is 518. The van der Waals surface area contributed by atoms with Crippen LogP contribution in [0.25, 0.3) is 0 Å². The summed E-state index contributed by atoms with van der Waals surface area (Å²) in [7, 11) is 0. The first kappa shape index (κ1) is 17.0. The molecule has 1 amide bonds. The molecule has 1 aromatic carbocycles. The molecule has 0 spiro atoms. The normalized spacial score (nSPS) is 12.2. The van der Waals surface area contributed by atoms with Crippen molar-refractivity contribution in [3.05, 3.63) is 39.7 Å². The van der Waals surface area contributed by atoms with Crippen molar-refractivity contribution in [2.75, 3.05) is 19.6 Å². The zero-order valence-electron chi connectivity index (χ0n) is 12.4. The predicted octanol–water partition coefficient (Wildman–Crippen LogP) is 2.19. The lowest BCUT2D eigenvalue weighted by molar-refractivity contribution is -0.385. The number of benzene rings is 1. The number of amides is 1. The average molecular weight is 297 g/mol. The van der Waals surface area contributed by atoms with Crippen LogP contribution in [-0.2, 0) is 0 Å². The van der Waals surface area contributed by atoms with Crippen molar-refractivity contribution in [2.24, 2.45) is 0 Å². The Kier molecular flexibility index (Phi) is 6.23. The fourth-order valence-electron chi connectivity index (χ4n) is 2.07. The summed E-state index contributed by atoms with van der Waals surface area (Å²) < 4.78 is 13.2. The first-order valence-electron chi connectivity index (χ1n) is 6.86. The minimum absolute atomic E-state index is 0.194. The van der Waals surface area contributed by atoms with Crippen molar-refractivity contribution in [1.29, 1.82) is 0 Å². The average Bonchev–Trinajstić information content (AvgIpc) is 2.44. The van der Waals surface area contributed by atoms with Gasteiger partial charge in [-0.15, -0.1) is 0 Å². The number of hydrogen-bond donors (Lipinski definition) is 1. The van der Waals surface area contributed by atoms with Crippen molar-refractivity contribution in [3.63, 3.8) is 0 Å². The molecule has 7 heteroatoms. The van der Waals surface area contributed by atoms with Gasteiger partial charge in [0.25, 0.3) is 11.6 Å². The lowest BCUT2D eigenvalue weighted by atomic mass is 10.1. The predicted molar refractivity (Wildman–Crippen MR) is 77.8 cm³/mol. The van der Waals surface area contributed by atoms with Crippen LogP contribution in [0.1, 0.15) is 31.1 Å². The van der Waals surface area contributed by atoms with E-state index < -0.39 is 22.3 Å². The van der Waals surface area contributed by atoms with Gasteiger partial charge >= 0.3 is 0 Å². The van der Waals surface area contributed by atoms with E-state index in [1.165, 1.54) is 0 Å². The molecule has 1 atom stereocenters. The number of rotatable bonds is 7. The molecule has 1 aromatic rings. The van der Waals surface area contributed by atoms with Gasteiger partial charge in [0, 0.05) is 18.7 Å². The summed E-state index contributed by atoms with van der Waals surface area (Å²) in [6.07, 6.45) is 0. The molecule has 0 saturated heterocycles. The van der Waals surface area contributed by atoms with Gasteiger partial charge in [-0.1, -0.05) is 13.8 Å². The molecule has 1 rings (SSSR count). The number of nitrogens with one attached hydrogen (secondary N) is 1. The maximum absolute atomic E-state index is 13.2. The van der Waals surface area contributed by atoms with Crippen molar-refractivity contribution in [2.45, 2.75) is 26.8 Å². The van der Waals surface area contributed by atoms with E-state index in [0.29, 0.717) is 6.54 Å². The van der Waals surface area contributed by atoms with Gasteiger partial charge in [0.05, 0.1) is 4.92 Å². The highest BCUT2D eigenvalue weighted by Gasteiger charge is 2.22. The highest BCUT2D eigenvalue weighted by molar-refractivity contribution is 5.98. The first-order valence-corrected chi connectivity index (χ1v) is 6.86. The van der Waals surface area contributed by atoms with Crippen LogP contribution in [0.5, 0.6) is 0 Å². The van der Waals surface area contributed by atoms with E-state index in [0.717, 1.165) is 31.3 Å². The lowest BCUT2D eigenvalue weighted by Crippen LogP contribution is -2.42. The standard InChI is InChI=1S/C14H20FN3O3/c1-4-17(5-2)9-10(3)16-14(19)12-8-11(15)6-7-13(12)18(20)21/h6-8,10H,4-5,9H2,1-3H3,(H,16,19). The van der Waals surface area contributed by atoms with Crippen molar-refractivity contribution < 1.29 is 14.1 Å². The Labute approximate surface area is 123 Å². The molecular formula is C14H20FN3O3. The van der Waals surface area contributed by atoms with Crippen LogP contribution in [-0.4, -0.2) is 41.4 Å². The lowest BCUT2D eigenvalue weighted by Gasteiger charge is -2.23. The van der Waals surface area contributed by atoms with E-state index in [1.54, 1.807) is 6.92 Å². The topological polar surface area (TPSA) is 75.5 Å². The van der Waals surface area contributed by atoms with E-state index in [1.807, 2.05) is 13.8 Å². The fraction of sp³-hybridized carbons (Fsp3) is 0.500. The molecule has 0 saturated carbocycles. The van der Waals surface area contributed by atoms with E-state index >= 15 is 0 Å². The summed E-state index contributed by atoms with van der Waals surface area (Å²) in [6.45, 7) is 8.14. The maximum atomic E-state index is 13.2. The fourth-order valence-corrected chi connectivity index (χ4v) is 2.07. The molecule has 0 aromatic heterocycles. The second-order valence-electron chi connectivity index (χ2n) is 4.78. The van der Waals surface area contributed by atoms with E-state index in [9.17, 15) is 19.3 Å². The zero-order valence-corrected chi connectivity index (χ0v) is 12.4. The third-order valence-corrected chi connectivity index (χ3v) is 3.20. The molecule has 6 nitrogen and oxygen atoms in total. The van der Waals surface area contributed by atoms with Crippen molar-refractivity contribution in [1.82, 2.24) is 10.2 Å². The highest BCUT2D eigenvalue weighted by Crippen LogP contribution is 2.19. The van der Waals surface area contributed by atoms with Gasteiger partial charge in [-0.05, 0) is 32.1 Å². The van der Waals surface area contributed by atoms with Gasteiger partial charge in [0.1, 0.15) is 11.4 Å². The number of nitro benzene ring substituents is 1. The molecule has 0 aliphatic carbocycles. The van der Waals surface area contributed by atoms with Crippen molar-refractivity contribution in [3.8, 4) is 0 Å². The Morgan fingerprint density at radius 3 is 2.57 bits per heavy atom. The van der Waals surface area contributed by atoms with Crippen LogP contribution in [0, 0.1) is 15.9 Å². The van der Waals surface area contributed by atoms with Crippen LogP contribution in [0.4, 0.5) is 10.1 Å². The number of carbonyl (C=O) groups excluding carboxylic acids is 1. The molecule has 116 valence electrons. The van der Waals surface area contributed by atoms with Gasteiger partial charge in [-0.25, -0.2) is 4.39 Å². The SMILES string of the molecule is CCN(CC)CC(C)NC(=O)c1cc(F)ccc1[N+](=O)[O-]. The van der Waals surface area contributed by atoms with Crippen LogP contribution in [0.15, 0.2) is 18.2 Å². The van der Waals surface area contributed by atoms with Crippen LogP contribution in [0.2, 0.25) is 0 Å². The third kappa shape index (κ3) is 4.78. The maximum Gasteiger partial charge on any atom is 0.282 e. The Hall–Kier alpha value is -2.02. The minimum atomic E-state index is -0.691. The van der Waals surface area contributed by atoms with Gasteiger partial charge in [-0.2, -0.15) is 0 Å². The van der Waals surface area contributed by atoms with Crippen LogP contribution < -0.4 is 5.32 Å². The Morgan fingerprint density at radius 2 is 2.05 bits per heavy atom. The summed E-state index contributed by atoms with van der Waals surface area (Å²) >= 11 is 0. The molecule has 0 heterocycles. The summed E-state index contributed by atoms with van der Waals surface area (Å²) in [5.74, 6) is -1.32. The Balaban J connectivity index is 2.84. The molecule has 0 aliphatic heterocycles. The molecule has 1 N–H and O–H groups in total. The quantitative estimate of drug-likeness (QED) is 0.618. The molecule has 0 fully saturated rings. The third-order valence-electron chi connectivity index (χ3n) is 3.20. The summed E-state index contributed by atoms with van der Waals surface area (Å²) in [5, 5.41) is 13.6. The molecule has 0 radical (unpaired) electrons. The molecule has 0 bridgehead atoms. The number of likely N-dealkylation sites (N-methyl/N-ethyl adjacent to an activating group) is 1. The van der Waals surface area contributed by atoms with E-state index in [-0.39, 0.29) is 11.6 Å². The number of carbonyl (C=O) groups is 1. The number of nitro groups is 1. The van der Waals surface area contributed by atoms with E-state index in [2.05, 4.69) is 10.2 Å². The monoisotopic (exact) mass is 297 g/mol. The van der Waals surface area contributed by atoms with Gasteiger partial charge in [-0.3, -0.25) is 14.9 Å². The largest absolute Gasteiger partial charge is 0.348 e. The first-order chi connectivity index (χ1) is 9.88. The second-order valence-corrected chi connectivity index (χ2v) is 4.78. The smallest absolute Gasteiger partial charge is 0.282 e. The van der Waals surface area contributed by atoms with Crippen LogP contribution >= 0.6 is 0 Å². The molecular weight excluding hydrogens is 277 g/mol. The summed E-state index contributed by atoms with van der Waals surface area (Å²) in [5.41, 5.74) is -0.657.